The van der Waals surface area contributed by atoms with Crippen molar-refractivity contribution in [1.82, 2.24) is 9.29 Å². The zero-order valence-electron chi connectivity index (χ0n) is 21.9. The second kappa shape index (κ2) is 11.8. The van der Waals surface area contributed by atoms with Gasteiger partial charge in [0.2, 0.25) is 10.0 Å². The van der Waals surface area contributed by atoms with E-state index in [4.69, 9.17) is 5.73 Å². The molecule has 1 aromatic heterocycles. The summed E-state index contributed by atoms with van der Waals surface area (Å²) >= 11 is 0. The fraction of sp³-hybridized carbons (Fsp3) is 0.156. The number of hydrogen-bond donors (Lipinski definition) is 2. The number of nitrogens with one attached hydrogen (secondary N) is 1. The lowest BCUT2D eigenvalue weighted by Gasteiger charge is -2.26. The van der Waals surface area contributed by atoms with E-state index in [1.807, 2.05) is 91.0 Å². The molecule has 6 nitrogen and oxygen atoms in total. The molecule has 0 saturated heterocycles. The van der Waals surface area contributed by atoms with Crippen molar-refractivity contribution in [3.63, 3.8) is 0 Å². The number of aromatic nitrogens is 2. The molecule has 39 heavy (non-hydrogen) atoms. The average Bonchev–Trinajstić information content (AvgIpc) is 3.31. The van der Waals surface area contributed by atoms with Gasteiger partial charge in [-0.25, -0.2) is 22.3 Å². The SMILES string of the molecule is Cc1n(Cc2ccc(S(=O)(=O)N[C@@H](c3ccccc3)[C@@H](N)c3ccccc3)cc2)cc[n+]1Cc1ccccc1. The molecule has 5 rings (SSSR count). The van der Waals surface area contributed by atoms with Gasteiger partial charge < -0.3 is 5.73 Å². The summed E-state index contributed by atoms with van der Waals surface area (Å²) in [6.45, 7) is 3.54. The van der Waals surface area contributed by atoms with Gasteiger partial charge in [0.15, 0.2) is 0 Å². The van der Waals surface area contributed by atoms with Gasteiger partial charge in [0.1, 0.15) is 25.5 Å². The summed E-state index contributed by atoms with van der Waals surface area (Å²) < 4.78 is 34.2. The van der Waals surface area contributed by atoms with Crippen LogP contribution in [-0.4, -0.2) is 13.0 Å². The van der Waals surface area contributed by atoms with E-state index in [2.05, 4.69) is 45.3 Å². The first-order chi connectivity index (χ1) is 18.9. The van der Waals surface area contributed by atoms with Crippen LogP contribution in [0, 0.1) is 6.92 Å². The van der Waals surface area contributed by atoms with Crippen LogP contribution in [0.4, 0.5) is 0 Å². The van der Waals surface area contributed by atoms with Crippen molar-refractivity contribution in [3.8, 4) is 0 Å². The molecule has 0 amide bonds. The first-order valence-corrected chi connectivity index (χ1v) is 14.4. The number of nitrogens with zero attached hydrogens (tertiary/aromatic N) is 2. The molecule has 198 valence electrons. The van der Waals surface area contributed by atoms with Crippen LogP contribution in [0.5, 0.6) is 0 Å². The standard InChI is InChI=1S/C32H33N4O2S/c1-25-35(23-26-11-5-2-6-12-26)21-22-36(25)24-27-17-19-30(20-18-27)39(37,38)34-32(29-15-9-4-10-16-29)31(33)28-13-7-3-8-14-28/h2-22,31-32,34H,23-24,33H2,1H3/q+1/t31-,32-/m0/s1. The van der Waals surface area contributed by atoms with Crippen LogP contribution >= 0.6 is 0 Å². The van der Waals surface area contributed by atoms with Gasteiger partial charge in [-0.2, -0.15) is 0 Å². The Bertz CT molecular complexity index is 1600. The second-order valence-electron chi connectivity index (χ2n) is 9.68. The molecule has 2 atom stereocenters. The van der Waals surface area contributed by atoms with Crippen LogP contribution in [0.2, 0.25) is 0 Å². The summed E-state index contributed by atoms with van der Waals surface area (Å²) in [6, 6.07) is 35.2. The highest BCUT2D eigenvalue weighted by molar-refractivity contribution is 7.89. The maximum absolute atomic E-state index is 13.5. The van der Waals surface area contributed by atoms with Gasteiger partial charge in [-0.3, -0.25) is 0 Å². The first-order valence-electron chi connectivity index (χ1n) is 13.0. The maximum Gasteiger partial charge on any atom is 0.253 e. The minimum absolute atomic E-state index is 0.204. The van der Waals surface area contributed by atoms with Crippen molar-refractivity contribution in [1.29, 1.82) is 0 Å². The Labute approximate surface area is 230 Å². The second-order valence-corrected chi connectivity index (χ2v) is 11.4. The van der Waals surface area contributed by atoms with Crippen LogP contribution in [0.25, 0.3) is 0 Å². The van der Waals surface area contributed by atoms with Gasteiger partial charge in [-0.05, 0) is 34.4 Å². The largest absolute Gasteiger partial charge is 0.322 e. The Balaban J connectivity index is 1.32. The molecule has 5 aromatic rings. The third kappa shape index (κ3) is 6.34. The van der Waals surface area contributed by atoms with Crippen LogP contribution in [-0.2, 0) is 23.1 Å². The van der Waals surface area contributed by atoms with Gasteiger partial charge in [0, 0.05) is 6.92 Å². The molecular weight excluding hydrogens is 504 g/mol. The fourth-order valence-electron chi connectivity index (χ4n) is 4.74. The summed E-state index contributed by atoms with van der Waals surface area (Å²) in [5.41, 5.74) is 10.5. The molecule has 0 aliphatic carbocycles. The van der Waals surface area contributed by atoms with Crippen LogP contribution in [0.3, 0.4) is 0 Å². The van der Waals surface area contributed by atoms with E-state index in [9.17, 15) is 8.42 Å². The van der Waals surface area contributed by atoms with E-state index in [-0.39, 0.29) is 4.90 Å². The molecule has 1 heterocycles. The minimum atomic E-state index is -3.83. The maximum atomic E-state index is 13.5. The third-order valence-electron chi connectivity index (χ3n) is 7.02. The molecule has 0 fully saturated rings. The Morgan fingerprint density at radius 3 is 1.95 bits per heavy atom. The molecule has 0 bridgehead atoms. The van der Waals surface area contributed by atoms with Crippen LogP contribution < -0.4 is 15.0 Å². The fourth-order valence-corrected chi connectivity index (χ4v) is 5.99. The number of nitrogens with two attached hydrogens (primary N) is 1. The van der Waals surface area contributed by atoms with Crippen LogP contribution in [0.1, 0.15) is 40.2 Å². The van der Waals surface area contributed by atoms with Crippen molar-refractivity contribution in [2.24, 2.45) is 5.73 Å². The summed E-state index contributed by atoms with van der Waals surface area (Å²) in [4.78, 5) is 0.204. The quantitative estimate of drug-likeness (QED) is 0.249. The topological polar surface area (TPSA) is 81.0 Å². The van der Waals surface area contributed by atoms with Crippen molar-refractivity contribution in [2.75, 3.05) is 0 Å². The van der Waals surface area contributed by atoms with Gasteiger partial charge >= 0.3 is 0 Å². The molecule has 4 aromatic carbocycles. The van der Waals surface area contributed by atoms with Gasteiger partial charge in [-0.15, -0.1) is 0 Å². The van der Waals surface area contributed by atoms with Crippen molar-refractivity contribution < 1.29 is 13.0 Å². The highest BCUT2D eigenvalue weighted by Crippen LogP contribution is 2.28. The van der Waals surface area contributed by atoms with Gasteiger partial charge in [0.25, 0.3) is 5.82 Å². The summed E-state index contributed by atoms with van der Waals surface area (Å²) in [5, 5.41) is 0. The minimum Gasteiger partial charge on any atom is -0.322 e. The highest BCUT2D eigenvalue weighted by atomic mass is 32.2. The Hall–Kier alpha value is -4.04. The number of hydrogen-bond acceptors (Lipinski definition) is 3. The molecule has 0 radical (unpaired) electrons. The molecule has 0 spiro atoms. The smallest absolute Gasteiger partial charge is 0.253 e. The Morgan fingerprint density at radius 1 is 0.769 bits per heavy atom. The number of rotatable bonds is 10. The van der Waals surface area contributed by atoms with E-state index in [1.54, 1.807) is 12.1 Å². The van der Waals surface area contributed by atoms with Crippen molar-refractivity contribution >= 4 is 10.0 Å². The van der Waals surface area contributed by atoms with Gasteiger partial charge in [-0.1, -0.05) is 103 Å². The Morgan fingerprint density at radius 2 is 1.33 bits per heavy atom. The van der Waals surface area contributed by atoms with Crippen LogP contribution in [0.15, 0.2) is 133 Å². The summed E-state index contributed by atoms with van der Waals surface area (Å²) in [5.74, 6) is 1.12. The molecule has 0 unspecified atom stereocenters. The highest BCUT2D eigenvalue weighted by Gasteiger charge is 2.27. The predicted molar refractivity (Wildman–Crippen MR) is 153 cm³/mol. The molecule has 0 aliphatic heterocycles. The van der Waals surface area contributed by atoms with E-state index >= 15 is 0 Å². The van der Waals surface area contributed by atoms with E-state index < -0.39 is 22.1 Å². The molecule has 0 saturated carbocycles. The van der Waals surface area contributed by atoms with Crippen molar-refractivity contribution in [3.05, 3.63) is 156 Å². The monoisotopic (exact) mass is 537 g/mol. The molecule has 3 N–H and O–H groups in total. The summed E-state index contributed by atoms with van der Waals surface area (Å²) in [7, 11) is -3.83. The molecular formula is C32H33N4O2S+. The average molecular weight is 538 g/mol. The zero-order chi connectivity index (χ0) is 27.2. The lowest BCUT2D eigenvalue weighted by Crippen LogP contribution is -2.36. The number of sulfonamides is 1. The number of imidazole rings is 1. The number of benzene rings is 4. The first kappa shape index (κ1) is 26.6. The van der Waals surface area contributed by atoms with E-state index in [1.165, 1.54) is 5.56 Å². The lowest BCUT2D eigenvalue weighted by atomic mass is 9.95. The van der Waals surface area contributed by atoms with E-state index in [0.29, 0.717) is 6.54 Å². The Kier molecular flexibility index (Phi) is 8.02. The molecule has 0 aliphatic rings. The zero-order valence-corrected chi connectivity index (χ0v) is 22.7. The van der Waals surface area contributed by atoms with E-state index in [0.717, 1.165) is 29.1 Å². The van der Waals surface area contributed by atoms with Gasteiger partial charge in [0.05, 0.1) is 17.0 Å². The third-order valence-corrected chi connectivity index (χ3v) is 8.48. The normalized spacial score (nSPS) is 13.2. The lowest BCUT2D eigenvalue weighted by molar-refractivity contribution is -0.693. The predicted octanol–water partition coefficient (Wildman–Crippen LogP) is 4.90. The summed E-state index contributed by atoms with van der Waals surface area (Å²) in [6.07, 6.45) is 4.13. The molecule has 7 heteroatoms. The van der Waals surface area contributed by atoms with Crippen molar-refractivity contribution in [2.45, 2.75) is 37.0 Å².